The van der Waals surface area contributed by atoms with Gasteiger partial charge in [0.1, 0.15) is 12.3 Å². The van der Waals surface area contributed by atoms with E-state index >= 15 is 0 Å². The van der Waals surface area contributed by atoms with Crippen LogP contribution in [-0.2, 0) is 16.0 Å². The molecule has 0 fully saturated rings. The van der Waals surface area contributed by atoms with Crippen molar-refractivity contribution >= 4 is 51.0 Å². The molecular formula is C20H22BrCl2NO4. The normalized spacial score (nSPS) is 9.82. The molecule has 5 nitrogen and oxygen atoms in total. The quantitative estimate of drug-likeness (QED) is 0.583. The molecule has 0 aliphatic carbocycles. The highest BCUT2D eigenvalue weighted by molar-refractivity contribution is 9.10. The second kappa shape index (κ2) is 11.9. The van der Waals surface area contributed by atoms with Gasteiger partial charge in [-0.2, -0.15) is 0 Å². The van der Waals surface area contributed by atoms with Gasteiger partial charge in [0, 0.05) is 0 Å². The largest absolute Gasteiger partial charge is 0.495 e. The van der Waals surface area contributed by atoms with Crippen molar-refractivity contribution in [3.8, 4) is 5.75 Å². The fourth-order valence-electron chi connectivity index (χ4n) is 2.39. The molecule has 1 amide bonds. The maximum atomic E-state index is 11.6. The Labute approximate surface area is 183 Å². The van der Waals surface area contributed by atoms with Crippen molar-refractivity contribution in [2.75, 3.05) is 20.8 Å². The van der Waals surface area contributed by atoms with Crippen molar-refractivity contribution in [3.63, 3.8) is 0 Å². The molecule has 0 bridgehead atoms. The van der Waals surface area contributed by atoms with E-state index in [4.69, 9.17) is 27.9 Å². The lowest BCUT2D eigenvalue weighted by atomic mass is 10.1. The fraction of sp³-hybridized carbons (Fsp3) is 0.300. The van der Waals surface area contributed by atoms with Gasteiger partial charge in [0.2, 0.25) is 0 Å². The van der Waals surface area contributed by atoms with Gasteiger partial charge in [0.15, 0.2) is 0 Å². The summed E-state index contributed by atoms with van der Waals surface area (Å²) in [6, 6.07) is 8.83. The molecule has 2 aromatic carbocycles. The van der Waals surface area contributed by atoms with E-state index in [1.54, 1.807) is 25.3 Å². The summed E-state index contributed by atoms with van der Waals surface area (Å²) >= 11 is 15.1. The molecule has 0 aliphatic heterocycles. The van der Waals surface area contributed by atoms with Crippen molar-refractivity contribution in [2.45, 2.75) is 20.3 Å². The van der Waals surface area contributed by atoms with Crippen molar-refractivity contribution in [1.82, 2.24) is 5.32 Å². The smallest absolute Gasteiger partial charge is 0.325 e. The number of rotatable bonds is 5. The van der Waals surface area contributed by atoms with Crippen molar-refractivity contribution in [2.24, 2.45) is 0 Å². The molecule has 0 aromatic heterocycles. The zero-order valence-corrected chi connectivity index (χ0v) is 19.2. The van der Waals surface area contributed by atoms with Crippen molar-refractivity contribution < 1.29 is 19.1 Å². The van der Waals surface area contributed by atoms with Crippen LogP contribution in [0.2, 0.25) is 10.0 Å². The van der Waals surface area contributed by atoms with Gasteiger partial charge >= 0.3 is 5.97 Å². The van der Waals surface area contributed by atoms with Gasteiger partial charge < -0.3 is 14.8 Å². The first-order valence-corrected chi connectivity index (χ1v) is 9.92. The van der Waals surface area contributed by atoms with Crippen LogP contribution < -0.4 is 10.1 Å². The van der Waals surface area contributed by atoms with Crippen LogP contribution >= 0.6 is 39.1 Å². The molecule has 0 heterocycles. The zero-order valence-electron chi connectivity index (χ0n) is 16.1. The highest BCUT2D eigenvalue weighted by Crippen LogP contribution is 2.31. The summed E-state index contributed by atoms with van der Waals surface area (Å²) in [6.45, 7) is 4.02. The number of carbonyl (C=O) groups excluding carboxylic acids is 2. The minimum Gasteiger partial charge on any atom is -0.495 e. The highest BCUT2D eigenvalue weighted by atomic mass is 79.9. The molecule has 0 atom stereocenters. The van der Waals surface area contributed by atoms with Gasteiger partial charge in [-0.1, -0.05) is 42.3 Å². The van der Waals surface area contributed by atoms with Crippen LogP contribution in [-0.4, -0.2) is 32.6 Å². The number of hydrogen-bond acceptors (Lipinski definition) is 4. The molecule has 0 spiro atoms. The maximum absolute atomic E-state index is 11.6. The monoisotopic (exact) mass is 489 g/mol. The van der Waals surface area contributed by atoms with Crippen molar-refractivity contribution in [1.29, 1.82) is 0 Å². The summed E-state index contributed by atoms with van der Waals surface area (Å²) in [5.74, 6) is -0.0879. The third kappa shape index (κ3) is 6.69. The predicted octanol–water partition coefficient (Wildman–Crippen LogP) is 5.22. The Morgan fingerprint density at radius 2 is 1.71 bits per heavy atom. The molecule has 0 saturated carbocycles. The minimum absolute atomic E-state index is 0.148. The van der Waals surface area contributed by atoms with Gasteiger partial charge in [-0.15, -0.1) is 0 Å². The van der Waals surface area contributed by atoms with E-state index < -0.39 is 11.9 Å². The first kappa shape index (κ1) is 24.3. The van der Waals surface area contributed by atoms with E-state index in [1.807, 2.05) is 6.07 Å². The molecule has 28 heavy (non-hydrogen) atoms. The summed E-state index contributed by atoms with van der Waals surface area (Å²) in [7, 11) is 2.94. The Morgan fingerprint density at radius 1 is 1.11 bits per heavy atom. The number of halogens is 3. The van der Waals surface area contributed by atoms with Crippen LogP contribution in [0.1, 0.15) is 28.4 Å². The number of benzene rings is 2. The van der Waals surface area contributed by atoms with Crippen LogP contribution in [0.3, 0.4) is 0 Å². The predicted molar refractivity (Wildman–Crippen MR) is 116 cm³/mol. The number of aryl methyl sites for hydroxylation is 1. The molecule has 1 N–H and O–H groups in total. The minimum atomic E-state index is -0.545. The number of hydrogen-bond donors (Lipinski definition) is 1. The molecule has 0 aliphatic rings. The summed E-state index contributed by atoms with van der Waals surface area (Å²) in [6.07, 6.45) is 1.01. The van der Waals surface area contributed by atoms with Gasteiger partial charge in [-0.05, 0) is 58.6 Å². The molecule has 2 aromatic rings. The molecule has 152 valence electrons. The molecule has 8 heteroatoms. The number of esters is 1. The maximum Gasteiger partial charge on any atom is 0.325 e. The Balaban J connectivity index is 0.000000292. The van der Waals surface area contributed by atoms with E-state index in [0.717, 1.165) is 16.6 Å². The summed E-state index contributed by atoms with van der Waals surface area (Å²) < 4.78 is 10.7. The van der Waals surface area contributed by atoms with Gasteiger partial charge in [-0.25, -0.2) is 0 Å². The molecule has 0 unspecified atom stereocenters. The topological polar surface area (TPSA) is 64.6 Å². The average molecular weight is 491 g/mol. The van der Waals surface area contributed by atoms with Crippen LogP contribution in [0.4, 0.5) is 0 Å². The van der Waals surface area contributed by atoms with E-state index in [2.05, 4.69) is 45.9 Å². The van der Waals surface area contributed by atoms with E-state index in [0.29, 0.717) is 0 Å². The van der Waals surface area contributed by atoms with Crippen LogP contribution in [0.25, 0.3) is 0 Å². The summed E-state index contributed by atoms with van der Waals surface area (Å²) in [4.78, 5) is 22.4. The number of nitrogens with one attached hydrogen (secondary N) is 1. The lowest BCUT2D eigenvalue weighted by Crippen LogP contribution is -2.30. The molecule has 0 saturated heterocycles. The number of methoxy groups -OCH3 is 2. The Hall–Kier alpha value is -1.76. The average Bonchev–Trinajstić information content (AvgIpc) is 2.67. The first-order chi connectivity index (χ1) is 13.3. The fourth-order valence-corrected chi connectivity index (χ4v) is 3.49. The van der Waals surface area contributed by atoms with E-state index in [-0.39, 0.29) is 22.2 Å². The first-order valence-electron chi connectivity index (χ1n) is 8.37. The van der Waals surface area contributed by atoms with Gasteiger partial charge in [-0.3, -0.25) is 9.59 Å². The third-order valence-electron chi connectivity index (χ3n) is 3.82. The summed E-state index contributed by atoms with van der Waals surface area (Å²) in [5.41, 5.74) is 2.72. The Bertz CT molecular complexity index is 794. The van der Waals surface area contributed by atoms with Crippen LogP contribution in [0.5, 0.6) is 5.75 Å². The molecular weight excluding hydrogens is 469 g/mol. The number of carbonyl (C=O) groups is 2. The van der Waals surface area contributed by atoms with Gasteiger partial charge in [0.25, 0.3) is 5.91 Å². The summed E-state index contributed by atoms with van der Waals surface area (Å²) in [5, 5.41) is 2.81. The van der Waals surface area contributed by atoms with Crippen molar-refractivity contribution in [3.05, 3.63) is 61.5 Å². The van der Waals surface area contributed by atoms with Gasteiger partial charge in [0.05, 0.1) is 34.3 Å². The van der Waals surface area contributed by atoms with Crippen LogP contribution in [0.15, 0.2) is 34.8 Å². The van der Waals surface area contributed by atoms with Crippen LogP contribution in [0, 0.1) is 6.92 Å². The zero-order chi connectivity index (χ0) is 21.3. The van der Waals surface area contributed by atoms with E-state index in [1.165, 1.54) is 18.2 Å². The lowest BCUT2D eigenvalue weighted by Gasteiger charge is -2.11. The third-order valence-corrected chi connectivity index (χ3v) is 5.07. The standard InChI is InChI=1S/C10H13BrO.C10H9Cl2NO3/c1-4-8-7(2)5-6-9(11)10(8)12-3;1-16-8(14)5-13-10(15)9-6(11)3-2-4-7(9)12/h5-6H,4H2,1-3H3;2-4H,5H2,1H3,(H,13,15). The molecule has 2 rings (SSSR count). The highest BCUT2D eigenvalue weighted by Gasteiger charge is 2.15. The second-order valence-corrected chi connectivity index (χ2v) is 7.25. The SMILES string of the molecule is CCc1c(C)ccc(Br)c1OC.COC(=O)CNC(=O)c1c(Cl)cccc1Cl. The Morgan fingerprint density at radius 3 is 2.18 bits per heavy atom. The number of amides is 1. The Kier molecular flexibility index (Phi) is 10.4. The van der Waals surface area contributed by atoms with E-state index in [9.17, 15) is 9.59 Å². The number of ether oxygens (including phenoxy) is 2. The second-order valence-electron chi connectivity index (χ2n) is 5.59. The molecule has 0 radical (unpaired) electrons. The lowest BCUT2D eigenvalue weighted by molar-refractivity contribution is -0.139.